The first kappa shape index (κ1) is 10.5. The standard InChI is InChI=1S/C10H12O4/c1-6(2)4-8(11)13-9-5-7(3)10(12)14-9/h4-5,9H,1-3H3/t9-/m1/s1. The fourth-order valence-corrected chi connectivity index (χ4v) is 0.947. The van der Waals surface area contributed by atoms with E-state index in [4.69, 9.17) is 9.47 Å². The summed E-state index contributed by atoms with van der Waals surface area (Å²) in [5.41, 5.74) is 1.29. The van der Waals surface area contributed by atoms with Crippen LogP contribution in [0.1, 0.15) is 20.8 Å². The van der Waals surface area contributed by atoms with Crippen molar-refractivity contribution in [2.75, 3.05) is 0 Å². The molecule has 4 heteroatoms. The molecular weight excluding hydrogens is 184 g/mol. The van der Waals surface area contributed by atoms with Gasteiger partial charge in [0, 0.05) is 17.7 Å². The number of allylic oxidation sites excluding steroid dienone is 1. The highest BCUT2D eigenvalue weighted by atomic mass is 16.7. The summed E-state index contributed by atoms with van der Waals surface area (Å²) in [7, 11) is 0. The molecule has 0 aliphatic carbocycles. The molecule has 1 heterocycles. The highest BCUT2D eigenvalue weighted by Crippen LogP contribution is 2.14. The smallest absolute Gasteiger partial charge is 0.337 e. The van der Waals surface area contributed by atoms with Gasteiger partial charge in [-0.25, -0.2) is 9.59 Å². The Balaban J connectivity index is 2.52. The molecule has 1 aliphatic heterocycles. The molecule has 0 saturated heterocycles. The first-order valence-corrected chi connectivity index (χ1v) is 4.24. The first-order valence-electron chi connectivity index (χ1n) is 4.24. The lowest BCUT2D eigenvalue weighted by Gasteiger charge is -2.07. The Labute approximate surface area is 82.2 Å². The van der Waals surface area contributed by atoms with Crippen molar-refractivity contribution in [3.8, 4) is 0 Å². The highest BCUT2D eigenvalue weighted by molar-refractivity contribution is 5.90. The van der Waals surface area contributed by atoms with Crippen molar-refractivity contribution in [1.82, 2.24) is 0 Å². The zero-order chi connectivity index (χ0) is 10.7. The molecule has 1 aliphatic rings. The van der Waals surface area contributed by atoms with Crippen LogP contribution in [-0.4, -0.2) is 18.2 Å². The zero-order valence-corrected chi connectivity index (χ0v) is 8.37. The molecule has 0 fully saturated rings. The quantitative estimate of drug-likeness (QED) is 0.493. The summed E-state index contributed by atoms with van der Waals surface area (Å²) >= 11 is 0. The second-order valence-electron chi connectivity index (χ2n) is 3.28. The summed E-state index contributed by atoms with van der Waals surface area (Å²) in [6.07, 6.45) is 1.94. The van der Waals surface area contributed by atoms with Crippen molar-refractivity contribution in [2.24, 2.45) is 0 Å². The molecule has 1 rings (SSSR count). The third kappa shape index (κ3) is 2.73. The van der Waals surface area contributed by atoms with Gasteiger partial charge in [-0.05, 0) is 20.8 Å². The van der Waals surface area contributed by atoms with Crippen molar-refractivity contribution in [3.63, 3.8) is 0 Å². The monoisotopic (exact) mass is 196 g/mol. The lowest BCUT2D eigenvalue weighted by atomic mass is 10.3. The number of carbonyl (C=O) groups excluding carboxylic acids is 2. The lowest BCUT2D eigenvalue weighted by molar-refractivity contribution is -0.169. The van der Waals surface area contributed by atoms with Crippen molar-refractivity contribution >= 4 is 11.9 Å². The Morgan fingerprint density at radius 2 is 2.21 bits per heavy atom. The van der Waals surface area contributed by atoms with Crippen LogP contribution in [0.2, 0.25) is 0 Å². The average molecular weight is 196 g/mol. The van der Waals surface area contributed by atoms with Gasteiger partial charge in [-0.3, -0.25) is 0 Å². The summed E-state index contributed by atoms with van der Waals surface area (Å²) in [6, 6.07) is 0. The van der Waals surface area contributed by atoms with Gasteiger partial charge in [0.2, 0.25) is 0 Å². The average Bonchev–Trinajstić information content (AvgIpc) is 2.28. The topological polar surface area (TPSA) is 52.6 Å². The minimum absolute atomic E-state index is 0.444. The van der Waals surface area contributed by atoms with Gasteiger partial charge in [-0.1, -0.05) is 5.57 Å². The van der Waals surface area contributed by atoms with Crippen LogP contribution in [0.15, 0.2) is 23.3 Å². The van der Waals surface area contributed by atoms with Crippen LogP contribution in [0.5, 0.6) is 0 Å². The molecule has 76 valence electrons. The van der Waals surface area contributed by atoms with Crippen LogP contribution in [0, 0.1) is 0 Å². The van der Waals surface area contributed by atoms with E-state index in [-0.39, 0.29) is 0 Å². The first-order chi connectivity index (χ1) is 6.49. The van der Waals surface area contributed by atoms with E-state index in [0.717, 1.165) is 5.57 Å². The van der Waals surface area contributed by atoms with Gasteiger partial charge in [0.25, 0.3) is 6.29 Å². The fraction of sp³-hybridized carbons (Fsp3) is 0.400. The number of carbonyl (C=O) groups is 2. The van der Waals surface area contributed by atoms with Gasteiger partial charge < -0.3 is 9.47 Å². The van der Waals surface area contributed by atoms with Gasteiger partial charge in [0.05, 0.1) is 0 Å². The van der Waals surface area contributed by atoms with Crippen LogP contribution in [0.25, 0.3) is 0 Å². The van der Waals surface area contributed by atoms with E-state index in [1.807, 2.05) is 0 Å². The van der Waals surface area contributed by atoms with Gasteiger partial charge in [-0.2, -0.15) is 0 Å². The minimum Gasteiger partial charge on any atom is -0.418 e. The maximum atomic E-state index is 11.1. The van der Waals surface area contributed by atoms with E-state index < -0.39 is 18.2 Å². The van der Waals surface area contributed by atoms with E-state index in [0.29, 0.717) is 5.57 Å². The molecule has 0 aromatic carbocycles. The largest absolute Gasteiger partial charge is 0.418 e. The number of ether oxygens (including phenoxy) is 2. The third-order valence-electron chi connectivity index (χ3n) is 1.57. The lowest BCUT2D eigenvalue weighted by Crippen LogP contribution is -2.16. The molecule has 0 bridgehead atoms. The minimum atomic E-state index is -0.870. The van der Waals surface area contributed by atoms with Crippen molar-refractivity contribution in [2.45, 2.75) is 27.1 Å². The normalized spacial score (nSPS) is 19.8. The Morgan fingerprint density at radius 3 is 2.64 bits per heavy atom. The number of hydrogen-bond donors (Lipinski definition) is 0. The van der Waals surface area contributed by atoms with Crippen LogP contribution in [0.3, 0.4) is 0 Å². The molecule has 0 aromatic heterocycles. The third-order valence-corrected chi connectivity index (χ3v) is 1.57. The second kappa shape index (κ2) is 4.09. The van der Waals surface area contributed by atoms with Crippen LogP contribution in [-0.2, 0) is 19.1 Å². The number of hydrogen-bond acceptors (Lipinski definition) is 4. The summed E-state index contributed by atoms with van der Waals surface area (Å²) in [4.78, 5) is 22.0. The van der Waals surface area contributed by atoms with Gasteiger partial charge >= 0.3 is 11.9 Å². The molecule has 0 unspecified atom stereocenters. The fourth-order valence-electron chi connectivity index (χ4n) is 0.947. The van der Waals surface area contributed by atoms with E-state index in [1.165, 1.54) is 12.2 Å². The maximum absolute atomic E-state index is 11.1. The number of rotatable bonds is 2. The van der Waals surface area contributed by atoms with Crippen molar-refractivity contribution in [1.29, 1.82) is 0 Å². The van der Waals surface area contributed by atoms with E-state index in [1.54, 1.807) is 20.8 Å². The molecule has 14 heavy (non-hydrogen) atoms. The molecule has 0 radical (unpaired) electrons. The molecule has 0 N–H and O–H groups in total. The summed E-state index contributed by atoms with van der Waals surface area (Å²) < 4.78 is 9.55. The summed E-state index contributed by atoms with van der Waals surface area (Å²) in [5.74, 6) is -0.950. The molecule has 0 saturated carbocycles. The highest BCUT2D eigenvalue weighted by Gasteiger charge is 2.24. The van der Waals surface area contributed by atoms with Crippen LogP contribution in [0.4, 0.5) is 0 Å². The molecule has 0 amide bonds. The summed E-state index contributed by atoms with van der Waals surface area (Å²) in [6.45, 7) is 5.17. The second-order valence-corrected chi connectivity index (χ2v) is 3.28. The summed E-state index contributed by atoms with van der Waals surface area (Å²) in [5, 5.41) is 0. The maximum Gasteiger partial charge on any atom is 0.337 e. The van der Waals surface area contributed by atoms with Gasteiger partial charge in [-0.15, -0.1) is 0 Å². The Bertz CT molecular complexity index is 321. The Morgan fingerprint density at radius 1 is 1.57 bits per heavy atom. The SMILES string of the molecule is CC(C)=CC(=O)O[C@H]1C=C(C)C(=O)O1. The molecule has 0 aromatic rings. The molecular formula is C10H12O4. The predicted octanol–water partition coefficient (Wildman–Crippen LogP) is 1.32. The van der Waals surface area contributed by atoms with Crippen LogP contribution >= 0.6 is 0 Å². The molecule has 4 nitrogen and oxygen atoms in total. The van der Waals surface area contributed by atoms with E-state index in [2.05, 4.69) is 0 Å². The van der Waals surface area contributed by atoms with Gasteiger partial charge in [0.15, 0.2) is 0 Å². The van der Waals surface area contributed by atoms with Crippen LogP contribution < -0.4 is 0 Å². The predicted molar refractivity (Wildman–Crippen MR) is 49.2 cm³/mol. The molecule has 0 spiro atoms. The van der Waals surface area contributed by atoms with Crippen molar-refractivity contribution < 1.29 is 19.1 Å². The van der Waals surface area contributed by atoms with Gasteiger partial charge in [0.1, 0.15) is 0 Å². The Hall–Kier alpha value is -1.58. The van der Waals surface area contributed by atoms with Crippen molar-refractivity contribution in [3.05, 3.63) is 23.3 Å². The van der Waals surface area contributed by atoms with E-state index >= 15 is 0 Å². The Kier molecular flexibility index (Phi) is 3.06. The molecule has 1 atom stereocenters. The number of cyclic esters (lactones) is 1. The van der Waals surface area contributed by atoms with E-state index in [9.17, 15) is 9.59 Å². The number of esters is 2. The zero-order valence-electron chi connectivity index (χ0n) is 8.37.